The predicted octanol–water partition coefficient (Wildman–Crippen LogP) is 3.66. The fraction of sp³-hybridized carbons (Fsp3) is 0.235. The van der Waals surface area contributed by atoms with Crippen LogP contribution in [0.3, 0.4) is 0 Å². The average molecular weight is 353 g/mol. The molecule has 0 unspecified atom stereocenters. The van der Waals surface area contributed by atoms with E-state index in [1.54, 1.807) is 7.11 Å². The van der Waals surface area contributed by atoms with Crippen molar-refractivity contribution < 1.29 is 22.6 Å². The van der Waals surface area contributed by atoms with Gasteiger partial charge in [0.05, 0.1) is 13.2 Å². The van der Waals surface area contributed by atoms with E-state index in [1.165, 1.54) is 24.3 Å². The molecule has 2 aromatic rings. The van der Waals surface area contributed by atoms with Gasteiger partial charge in [0.25, 0.3) is 0 Å². The van der Waals surface area contributed by atoms with Crippen molar-refractivity contribution >= 4 is 11.6 Å². The van der Waals surface area contributed by atoms with Crippen molar-refractivity contribution in [2.24, 2.45) is 10.7 Å². The van der Waals surface area contributed by atoms with E-state index in [2.05, 4.69) is 15.0 Å². The van der Waals surface area contributed by atoms with Gasteiger partial charge in [0, 0.05) is 12.8 Å². The molecule has 0 bridgehead atoms. The highest BCUT2D eigenvalue weighted by Gasteiger charge is 2.30. The first-order valence-electron chi connectivity index (χ1n) is 7.36. The molecular formula is C17H18F3N3O2. The summed E-state index contributed by atoms with van der Waals surface area (Å²) in [7, 11) is 1.61. The van der Waals surface area contributed by atoms with Crippen LogP contribution in [0.5, 0.6) is 5.75 Å². The fourth-order valence-corrected chi connectivity index (χ4v) is 2.11. The molecule has 134 valence electrons. The highest BCUT2D eigenvalue weighted by Crippen LogP contribution is 2.23. The van der Waals surface area contributed by atoms with E-state index in [-0.39, 0.29) is 11.7 Å². The van der Waals surface area contributed by atoms with Crippen LogP contribution in [0, 0.1) is 0 Å². The normalized spacial score (nSPS) is 12.1. The van der Waals surface area contributed by atoms with Crippen LogP contribution in [-0.4, -0.2) is 19.4 Å². The number of guanidine groups is 1. The molecule has 8 heteroatoms. The van der Waals surface area contributed by atoms with Crippen LogP contribution in [0.25, 0.3) is 0 Å². The number of methoxy groups -OCH3 is 1. The molecule has 0 heterocycles. The number of nitrogens with zero attached hydrogens (tertiary/aromatic N) is 1. The first-order chi connectivity index (χ1) is 11.9. The Hall–Kier alpha value is -2.74. The average Bonchev–Trinajstić information content (AvgIpc) is 2.55. The van der Waals surface area contributed by atoms with E-state index < -0.39 is 6.36 Å². The third kappa shape index (κ3) is 6.34. The lowest BCUT2D eigenvalue weighted by Crippen LogP contribution is -2.22. The Morgan fingerprint density at radius 2 is 1.72 bits per heavy atom. The Morgan fingerprint density at radius 1 is 1.08 bits per heavy atom. The van der Waals surface area contributed by atoms with Gasteiger partial charge in [0.1, 0.15) is 5.75 Å². The summed E-state index contributed by atoms with van der Waals surface area (Å²) in [6.45, 7) is 0.827. The molecule has 25 heavy (non-hydrogen) atoms. The molecule has 0 aliphatic carbocycles. The van der Waals surface area contributed by atoms with Gasteiger partial charge in [-0.25, -0.2) is 4.99 Å². The van der Waals surface area contributed by atoms with E-state index in [4.69, 9.17) is 10.5 Å². The van der Waals surface area contributed by atoms with Gasteiger partial charge in [0.2, 0.25) is 0 Å². The summed E-state index contributed by atoms with van der Waals surface area (Å²) < 4.78 is 45.3. The summed E-state index contributed by atoms with van der Waals surface area (Å²) in [5, 5.41) is 2.81. The lowest BCUT2D eigenvalue weighted by Gasteiger charge is -2.10. The lowest BCUT2D eigenvalue weighted by molar-refractivity contribution is -0.274. The smallest absolute Gasteiger partial charge is 0.406 e. The Bertz CT molecular complexity index is 716. The molecule has 0 radical (unpaired) electrons. The van der Waals surface area contributed by atoms with Gasteiger partial charge in [-0.05, 0) is 35.4 Å². The monoisotopic (exact) mass is 353 g/mol. The van der Waals surface area contributed by atoms with Crippen molar-refractivity contribution in [2.45, 2.75) is 19.5 Å². The van der Waals surface area contributed by atoms with Gasteiger partial charge in [-0.3, -0.25) is 0 Å². The molecule has 0 aliphatic heterocycles. The molecule has 0 amide bonds. The summed E-state index contributed by atoms with van der Waals surface area (Å²) in [6.07, 6.45) is -4.72. The Kier molecular flexibility index (Phi) is 6.24. The fourth-order valence-electron chi connectivity index (χ4n) is 2.11. The molecule has 0 spiro atoms. The molecular weight excluding hydrogens is 335 g/mol. The number of ether oxygens (including phenoxy) is 2. The molecule has 0 aromatic heterocycles. The van der Waals surface area contributed by atoms with Crippen LogP contribution < -0.4 is 15.8 Å². The van der Waals surface area contributed by atoms with Crippen molar-refractivity contribution in [3.8, 4) is 5.75 Å². The summed E-state index contributed by atoms with van der Waals surface area (Å²) in [5.74, 6) is -0.154. The second-order valence-electron chi connectivity index (χ2n) is 5.10. The number of rotatable bonds is 6. The number of anilines is 1. The largest absolute Gasteiger partial charge is 0.573 e. The Balaban J connectivity index is 1.97. The molecule has 2 aromatic carbocycles. The zero-order chi connectivity index (χ0) is 18.3. The van der Waals surface area contributed by atoms with E-state index in [9.17, 15) is 13.2 Å². The van der Waals surface area contributed by atoms with E-state index in [0.29, 0.717) is 18.8 Å². The van der Waals surface area contributed by atoms with E-state index >= 15 is 0 Å². The molecule has 3 N–H and O–H groups in total. The van der Waals surface area contributed by atoms with Gasteiger partial charge >= 0.3 is 6.36 Å². The number of alkyl halides is 3. The number of nitrogens with two attached hydrogens (primary N) is 1. The molecule has 2 rings (SSSR count). The minimum absolute atomic E-state index is 0.150. The highest BCUT2D eigenvalue weighted by molar-refractivity contribution is 5.92. The number of halogens is 3. The summed E-state index contributed by atoms with van der Waals surface area (Å²) in [5.41, 5.74) is 8.30. The molecule has 0 atom stereocenters. The minimum atomic E-state index is -4.72. The quantitative estimate of drug-likeness (QED) is 0.614. The van der Waals surface area contributed by atoms with Gasteiger partial charge in [-0.15, -0.1) is 13.2 Å². The second kappa shape index (κ2) is 8.39. The minimum Gasteiger partial charge on any atom is -0.406 e. The maximum atomic E-state index is 12.1. The van der Waals surface area contributed by atoms with Crippen LogP contribution >= 0.6 is 0 Å². The highest BCUT2D eigenvalue weighted by atomic mass is 19.4. The first-order valence-corrected chi connectivity index (χ1v) is 7.36. The standard InChI is InChI=1S/C17H18F3N3O2/c1-24-11-13-5-3-2-4-12(13)10-22-16(21)23-14-6-8-15(9-7-14)25-17(18,19)20/h2-9H,10-11H2,1H3,(H3,21,22,23). The van der Waals surface area contributed by atoms with Crippen LogP contribution in [0.1, 0.15) is 11.1 Å². The van der Waals surface area contributed by atoms with Gasteiger partial charge in [-0.2, -0.15) is 0 Å². The van der Waals surface area contributed by atoms with Crippen LogP contribution in [0.2, 0.25) is 0 Å². The summed E-state index contributed by atoms with van der Waals surface area (Å²) >= 11 is 0. The first kappa shape index (κ1) is 18.6. The van der Waals surface area contributed by atoms with Crippen LogP contribution in [0.15, 0.2) is 53.5 Å². The number of aliphatic imine (C=N–C) groups is 1. The van der Waals surface area contributed by atoms with Crippen molar-refractivity contribution in [1.29, 1.82) is 0 Å². The maximum absolute atomic E-state index is 12.1. The predicted molar refractivity (Wildman–Crippen MR) is 89.2 cm³/mol. The second-order valence-corrected chi connectivity index (χ2v) is 5.10. The number of nitrogens with one attached hydrogen (secondary N) is 1. The van der Waals surface area contributed by atoms with Crippen molar-refractivity contribution in [3.63, 3.8) is 0 Å². The summed E-state index contributed by atoms with van der Waals surface area (Å²) in [6, 6.07) is 12.9. The maximum Gasteiger partial charge on any atom is 0.573 e. The summed E-state index contributed by atoms with van der Waals surface area (Å²) in [4.78, 5) is 4.23. The lowest BCUT2D eigenvalue weighted by atomic mass is 10.1. The number of hydrogen-bond acceptors (Lipinski definition) is 3. The van der Waals surface area contributed by atoms with E-state index in [0.717, 1.165) is 11.1 Å². The van der Waals surface area contributed by atoms with Gasteiger partial charge in [0.15, 0.2) is 5.96 Å². The Morgan fingerprint density at radius 3 is 2.32 bits per heavy atom. The Labute approximate surface area is 143 Å². The third-order valence-corrected chi connectivity index (χ3v) is 3.20. The molecule has 5 nitrogen and oxygen atoms in total. The zero-order valence-corrected chi connectivity index (χ0v) is 13.5. The van der Waals surface area contributed by atoms with Crippen molar-refractivity contribution in [2.75, 3.05) is 12.4 Å². The molecule has 0 saturated carbocycles. The SMILES string of the molecule is COCc1ccccc1CN=C(N)Nc1ccc(OC(F)(F)F)cc1. The molecule has 0 aliphatic rings. The van der Waals surface area contributed by atoms with Crippen molar-refractivity contribution in [1.82, 2.24) is 0 Å². The van der Waals surface area contributed by atoms with Gasteiger partial charge < -0.3 is 20.5 Å². The van der Waals surface area contributed by atoms with Gasteiger partial charge in [-0.1, -0.05) is 24.3 Å². The number of benzene rings is 2. The molecule has 0 fully saturated rings. The van der Waals surface area contributed by atoms with Crippen molar-refractivity contribution in [3.05, 3.63) is 59.7 Å². The van der Waals surface area contributed by atoms with E-state index in [1.807, 2.05) is 24.3 Å². The third-order valence-electron chi connectivity index (χ3n) is 3.20. The topological polar surface area (TPSA) is 68.9 Å². The van der Waals surface area contributed by atoms with Crippen LogP contribution in [0.4, 0.5) is 18.9 Å². The van der Waals surface area contributed by atoms with Crippen LogP contribution in [-0.2, 0) is 17.9 Å². The zero-order valence-electron chi connectivity index (χ0n) is 13.5. The molecule has 0 saturated heterocycles. The number of hydrogen-bond donors (Lipinski definition) is 2.